The maximum atomic E-state index is 10.6. The van der Waals surface area contributed by atoms with E-state index in [1.54, 1.807) is 6.07 Å². The van der Waals surface area contributed by atoms with Crippen molar-refractivity contribution in [1.82, 2.24) is 0 Å². The van der Waals surface area contributed by atoms with Crippen molar-refractivity contribution in [3.05, 3.63) is 69.2 Å². The van der Waals surface area contributed by atoms with Crippen molar-refractivity contribution >= 4 is 23.2 Å². The molecule has 1 nitrogen and oxygen atoms in total. The number of benzene rings is 2. The maximum Gasteiger partial charge on any atom is 0.0833 e. The van der Waals surface area contributed by atoms with Crippen molar-refractivity contribution in [2.75, 3.05) is 0 Å². The molecule has 1 unspecified atom stereocenters. The van der Waals surface area contributed by atoms with Gasteiger partial charge in [-0.1, -0.05) is 80.4 Å². The Hall–Kier alpha value is -1.02. The molecule has 0 fully saturated rings. The highest BCUT2D eigenvalue weighted by molar-refractivity contribution is 6.42. The van der Waals surface area contributed by atoms with Crippen LogP contribution in [0.2, 0.25) is 10.0 Å². The van der Waals surface area contributed by atoms with Gasteiger partial charge in [-0.05, 0) is 28.2 Å². The number of hydrogen-bond acceptors (Lipinski definition) is 1. The summed E-state index contributed by atoms with van der Waals surface area (Å²) in [6, 6.07) is 13.5. The summed E-state index contributed by atoms with van der Waals surface area (Å²) in [7, 11) is 0. The topological polar surface area (TPSA) is 20.2 Å². The molecule has 2 rings (SSSR count). The summed E-state index contributed by atoms with van der Waals surface area (Å²) < 4.78 is 0. The minimum atomic E-state index is -0.601. The van der Waals surface area contributed by atoms with E-state index in [1.807, 2.05) is 30.3 Å². The Bertz CT molecular complexity index is 629. The molecule has 0 saturated heterocycles. The van der Waals surface area contributed by atoms with Gasteiger partial charge in [-0.15, -0.1) is 0 Å². The van der Waals surface area contributed by atoms with Crippen LogP contribution >= 0.6 is 23.2 Å². The average molecular weight is 323 g/mol. The molecule has 0 amide bonds. The van der Waals surface area contributed by atoms with Crippen LogP contribution < -0.4 is 0 Å². The number of rotatable bonds is 3. The zero-order valence-electron chi connectivity index (χ0n) is 12.5. The molecule has 0 aliphatic heterocycles. The van der Waals surface area contributed by atoms with Crippen LogP contribution in [-0.4, -0.2) is 5.11 Å². The zero-order chi connectivity index (χ0) is 15.6. The summed E-state index contributed by atoms with van der Waals surface area (Å²) in [5.74, 6) is 0. The fraction of sp³-hybridized carbons (Fsp3) is 0.333. The van der Waals surface area contributed by atoms with Gasteiger partial charge in [-0.2, -0.15) is 0 Å². The van der Waals surface area contributed by atoms with Gasteiger partial charge in [-0.3, -0.25) is 0 Å². The van der Waals surface area contributed by atoms with E-state index >= 15 is 0 Å². The number of aliphatic hydroxyl groups excluding tert-OH is 1. The smallest absolute Gasteiger partial charge is 0.0833 e. The third-order valence-corrected chi connectivity index (χ3v) is 4.43. The van der Waals surface area contributed by atoms with E-state index in [9.17, 15) is 5.11 Å². The Morgan fingerprint density at radius 1 is 1.00 bits per heavy atom. The highest BCUT2D eigenvalue weighted by Gasteiger charge is 2.22. The lowest BCUT2D eigenvalue weighted by molar-refractivity contribution is 0.176. The highest BCUT2D eigenvalue weighted by Crippen LogP contribution is 2.33. The Morgan fingerprint density at radius 2 is 1.67 bits per heavy atom. The molecule has 1 N–H and O–H groups in total. The zero-order valence-corrected chi connectivity index (χ0v) is 14.0. The molecule has 2 aromatic carbocycles. The van der Waals surface area contributed by atoms with E-state index < -0.39 is 6.10 Å². The van der Waals surface area contributed by atoms with E-state index in [2.05, 4.69) is 26.8 Å². The second-order valence-electron chi connectivity index (χ2n) is 6.27. The summed E-state index contributed by atoms with van der Waals surface area (Å²) in [6.07, 6.45) is -0.150. The van der Waals surface area contributed by atoms with Crippen molar-refractivity contribution < 1.29 is 5.11 Å². The molecule has 0 heterocycles. The monoisotopic (exact) mass is 322 g/mol. The SMILES string of the molecule is CC(C)(C)c1ccccc1C(O)Cc1cccc(Cl)c1Cl. The molecule has 112 valence electrons. The van der Waals surface area contributed by atoms with Gasteiger partial charge in [0.2, 0.25) is 0 Å². The molecule has 0 bridgehead atoms. The van der Waals surface area contributed by atoms with Crippen LogP contribution in [0.5, 0.6) is 0 Å². The third kappa shape index (κ3) is 3.79. The van der Waals surface area contributed by atoms with Crippen LogP contribution in [0, 0.1) is 0 Å². The molecular formula is C18H20Cl2O. The lowest BCUT2D eigenvalue weighted by Crippen LogP contribution is -2.17. The molecule has 0 aromatic heterocycles. The lowest BCUT2D eigenvalue weighted by Gasteiger charge is -2.25. The first kappa shape index (κ1) is 16.4. The quantitative estimate of drug-likeness (QED) is 0.783. The van der Waals surface area contributed by atoms with E-state index in [0.717, 1.165) is 16.7 Å². The molecule has 0 saturated carbocycles. The first-order valence-corrected chi connectivity index (χ1v) is 7.76. The van der Waals surface area contributed by atoms with Crippen LogP contribution in [0.1, 0.15) is 43.6 Å². The predicted molar refractivity (Wildman–Crippen MR) is 90.3 cm³/mol. The van der Waals surface area contributed by atoms with Crippen LogP contribution in [0.4, 0.5) is 0 Å². The van der Waals surface area contributed by atoms with Crippen molar-refractivity contribution in [2.45, 2.75) is 38.7 Å². The van der Waals surface area contributed by atoms with Crippen molar-refractivity contribution in [1.29, 1.82) is 0 Å². The largest absolute Gasteiger partial charge is 0.388 e. The van der Waals surface area contributed by atoms with Gasteiger partial charge in [0.1, 0.15) is 0 Å². The molecule has 0 radical (unpaired) electrons. The molecule has 0 spiro atoms. The molecular weight excluding hydrogens is 303 g/mol. The Kier molecular flexibility index (Phi) is 4.98. The first-order valence-electron chi connectivity index (χ1n) is 7.01. The third-order valence-electron chi connectivity index (χ3n) is 3.57. The summed E-state index contributed by atoms with van der Waals surface area (Å²) in [5.41, 5.74) is 2.94. The summed E-state index contributed by atoms with van der Waals surface area (Å²) >= 11 is 12.2. The Balaban J connectivity index is 2.33. The Morgan fingerprint density at radius 3 is 2.33 bits per heavy atom. The van der Waals surface area contributed by atoms with Crippen LogP contribution in [0.15, 0.2) is 42.5 Å². The van der Waals surface area contributed by atoms with Gasteiger partial charge in [0.05, 0.1) is 16.1 Å². The lowest BCUT2D eigenvalue weighted by atomic mass is 9.81. The van der Waals surface area contributed by atoms with Crippen molar-refractivity contribution in [2.24, 2.45) is 0 Å². The molecule has 2 aromatic rings. The highest BCUT2D eigenvalue weighted by atomic mass is 35.5. The standard InChI is InChI=1S/C18H20Cl2O/c1-18(2,3)14-9-5-4-8-13(14)16(21)11-12-7-6-10-15(19)17(12)20/h4-10,16,21H,11H2,1-3H3. The Labute approximate surface area is 136 Å². The summed E-state index contributed by atoms with van der Waals surface area (Å²) in [5, 5.41) is 11.7. The molecule has 1 atom stereocenters. The minimum absolute atomic E-state index is 0.0182. The second-order valence-corrected chi connectivity index (χ2v) is 7.06. The maximum absolute atomic E-state index is 10.6. The van der Waals surface area contributed by atoms with Gasteiger partial charge in [0.15, 0.2) is 0 Å². The van der Waals surface area contributed by atoms with Gasteiger partial charge < -0.3 is 5.11 Å². The molecule has 3 heteroatoms. The first-order chi connectivity index (χ1) is 9.80. The summed E-state index contributed by atoms with van der Waals surface area (Å²) in [6.45, 7) is 6.43. The second kappa shape index (κ2) is 6.39. The van der Waals surface area contributed by atoms with E-state index in [0.29, 0.717) is 16.5 Å². The fourth-order valence-electron chi connectivity index (χ4n) is 2.49. The van der Waals surface area contributed by atoms with E-state index in [1.165, 1.54) is 0 Å². The van der Waals surface area contributed by atoms with Crippen LogP contribution in [-0.2, 0) is 11.8 Å². The summed E-state index contributed by atoms with van der Waals surface area (Å²) in [4.78, 5) is 0. The molecule has 21 heavy (non-hydrogen) atoms. The van der Waals surface area contributed by atoms with Crippen molar-refractivity contribution in [3.63, 3.8) is 0 Å². The van der Waals surface area contributed by atoms with Crippen molar-refractivity contribution in [3.8, 4) is 0 Å². The van der Waals surface area contributed by atoms with Gasteiger partial charge in [-0.25, -0.2) is 0 Å². The number of aliphatic hydroxyl groups is 1. The predicted octanol–water partition coefficient (Wildman–Crippen LogP) is 5.57. The van der Waals surface area contributed by atoms with Gasteiger partial charge in [0, 0.05) is 6.42 Å². The van der Waals surface area contributed by atoms with Crippen LogP contribution in [0.3, 0.4) is 0 Å². The van der Waals surface area contributed by atoms with E-state index in [4.69, 9.17) is 23.2 Å². The van der Waals surface area contributed by atoms with Gasteiger partial charge >= 0.3 is 0 Å². The van der Waals surface area contributed by atoms with Crippen LogP contribution in [0.25, 0.3) is 0 Å². The minimum Gasteiger partial charge on any atom is -0.388 e. The number of hydrogen-bond donors (Lipinski definition) is 1. The normalized spacial score (nSPS) is 13.2. The average Bonchev–Trinajstić information content (AvgIpc) is 2.43. The number of halogens is 2. The molecule has 0 aliphatic rings. The van der Waals surface area contributed by atoms with Gasteiger partial charge in [0.25, 0.3) is 0 Å². The van der Waals surface area contributed by atoms with E-state index in [-0.39, 0.29) is 5.41 Å². The molecule has 0 aliphatic carbocycles. The fourth-order valence-corrected chi connectivity index (χ4v) is 2.89.